The second-order valence-corrected chi connectivity index (χ2v) is 6.25. The summed E-state index contributed by atoms with van der Waals surface area (Å²) < 4.78 is 19.7. The summed E-state index contributed by atoms with van der Waals surface area (Å²) in [5.74, 6) is 1.13. The van der Waals surface area contributed by atoms with Crippen LogP contribution in [0.1, 0.15) is 5.69 Å². The first-order chi connectivity index (χ1) is 11.6. The third-order valence-corrected chi connectivity index (χ3v) is 4.08. The highest BCUT2D eigenvalue weighted by Gasteiger charge is 2.06. The molecule has 1 unspecified atom stereocenters. The van der Waals surface area contributed by atoms with E-state index in [9.17, 15) is 4.21 Å². The molecule has 3 rings (SSSR count). The fraction of sp³-hybridized carbons (Fsp3) is 0.133. The van der Waals surface area contributed by atoms with E-state index in [2.05, 4.69) is 30.3 Å². The average Bonchev–Trinajstić information content (AvgIpc) is 2.99. The normalized spacial score (nSPS) is 11.9. The summed E-state index contributed by atoms with van der Waals surface area (Å²) in [5.41, 5.74) is 1.55. The number of aromatic nitrogens is 3. The smallest absolute Gasteiger partial charge is 0.300 e. The van der Waals surface area contributed by atoms with E-state index in [1.54, 1.807) is 31.5 Å². The van der Waals surface area contributed by atoms with Crippen molar-refractivity contribution < 1.29 is 8.63 Å². The van der Waals surface area contributed by atoms with E-state index in [0.717, 1.165) is 11.4 Å². The Balaban J connectivity index is 1.76. The quantitative estimate of drug-likeness (QED) is 0.631. The van der Waals surface area contributed by atoms with Crippen LogP contribution in [-0.4, -0.2) is 26.2 Å². The van der Waals surface area contributed by atoms with Crippen LogP contribution in [0.25, 0.3) is 0 Å². The summed E-state index contributed by atoms with van der Waals surface area (Å²) in [6.45, 7) is 1.84. The molecule has 3 aromatic rings. The molecule has 0 aliphatic heterocycles. The van der Waals surface area contributed by atoms with E-state index in [0.29, 0.717) is 22.5 Å². The Labute approximate surface area is 141 Å². The highest BCUT2D eigenvalue weighted by Crippen LogP contribution is 2.20. The number of oxazole rings is 1. The number of aryl methyl sites for hydroxylation is 1. The van der Waals surface area contributed by atoms with Gasteiger partial charge in [0.25, 0.3) is 6.01 Å². The Morgan fingerprint density at radius 1 is 1.12 bits per heavy atom. The predicted molar refractivity (Wildman–Crippen MR) is 91.7 cm³/mol. The van der Waals surface area contributed by atoms with Gasteiger partial charge in [0.15, 0.2) is 0 Å². The largest absolute Gasteiger partial charge is 0.432 e. The molecule has 0 radical (unpaired) electrons. The number of anilines is 4. The minimum Gasteiger partial charge on any atom is -0.432 e. The van der Waals surface area contributed by atoms with Gasteiger partial charge in [-0.25, -0.2) is 18.9 Å². The maximum atomic E-state index is 11.8. The Kier molecular flexibility index (Phi) is 4.82. The molecule has 124 valence electrons. The number of nitrogens with one attached hydrogen (secondary N) is 3. The highest BCUT2D eigenvalue weighted by atomic mass is 32.2. The molecule has 0 saturated heterocycles. The third-order valence-electron chi connectivity index (χ3n) is 3.03. The van der Waals surface area contributed by atoms with Crippen molar-refractivity contribution in [2.75, 3.05) is 17.7 Å². The SMILES string of the molecule is CNS(=O)c1cccc(Nc2cc(Nc3nc(C)co3)ncn2)c1. The van der Waals surface area contributed by atoms with E-state index in [1.165, 1.54) is 6.33 Å². The van der Waals surface area contributed by atoms with Crippen molar-refractivity contribution in [1.82, 2.24) is 19.7 Å². The second kappa shape index (κ2) is 7.20. The van der Waals surface area contributed by atoms with E-state index in [-0.39, 0.29) is 0 Å². The van der Waals surface area contributed by atoms with Gasteiger partial charge < -0.3 is 9.73 Å². The van der Waals surface area contributed by atoms with Gasteiger partial charge in [0.05, 0.1) is 10.6 Å². The van der Waals surface area contributed by atoms with Crippen molar-refractivity contribution in [2.24, 2.45) is 0 Å². The van der Waals surface area contributed by atoms with E-state index in [4.69, 9.17) is 4.42 Å². The number of benzene rings is 1. The Morgan fingerprint density at radius 2 is 1.92 bits per heavy atom. The molecular formula is C15H16N6O2S. The van der Waals surface area contributed by atoms with Gasteiger partial charge in [-0.05, 0) is 32.2 Å². The lowest BCUT2D eigenvalue weighted by Crippen LogP contribution is -2.10. The van der Waals surface area contributed by atoms with Crippen LogP contribution in [-0.2, 0) is 11.0 Å². The first-order valence-corrected chi connectivity index (χ1v) is 8.26. The van der Waals surface area contributed by atoms with Crippen LogP contribution in [0.3, 0.4) is 0 Å². The first kappa shape index (κ1) is 16.1. The van der Waals surface area contributed by atoms with Crippen molar-refractivity contribution in [3.05, 3.63) is 48.6 Å². The Bertz CT molecular complexity index is 866. The lowest BCUT2D eigenvalue weighted by molar-refractivity contribution is 0.576. The van der Waals surface area contributed by atoms with Crippen molar-refractivity contribution >= 4 is 34.3 Å². The van der Waals surface area contributed by atoms with Crippen molar-refractivity contribution in [1.29, 1.82) is 0 Å². The molecule has 0 aliphatic carbocycles. The van der Waals surface area contributed by atoms with Gasteiger partial charge in [0.1, 0.15) is 35.2 Å². The zero-order valence-electron chi connectivity index (χ0n) is 13.1. The third kappa shape index (κ3) is 3.94. The molecule has 0 amide bonds. The molecule has 1 aromatic carbocycles. The van der Waals surface area contributed by atoms with E-state index >= 15 is 0 Å². The van der Waals surface area contributed by atoms with Gasteiger partial charge >= 0.3 is 0 Å². The molecule has 2 aromatic heterocycles. The fourth-order valence-electron chi connectivity index (χ4n) is 1.97. The summed E-state index contributed by atoms with van der Waals surface area (Å²) in [4.78, 5) is 13.1. The highest BCUT2D eigenvalue weighted by molar-refractivity contribution is 7.83. The molecule has 24 heavy (non-hydrogen) atoms. The van der Waals surface area contributed by atoms with Crippen LogP contribution in [0.15, 0.2) is 52.2 Å². The monoisotopic (exact) mass is 344 g/mol. The molecule has 1 atom stereocenters. The predicted octanol–water partition coefficient (Wildman–Crippen LogP) is 2.50. The fourth-order valence-corrected chi connectivity index (χ4v) is 2.64. The van der Waals surface area contributed by atoms with Crippen LogP contribution in [0.4, 0.5) is 23.3 Å². The van der Waals surface area contributed by atoms with Crippen molar-refractivity contribution in [3.63, 3.8) is 0 Å². The molecule has 0 bridgehead atoms. The molecule has 2 heterocycles. The molecule has 8 nitrogen and oxygen atoms in total. The van der Waals surface area contributed by atoms with Crippen LogP contribution in [0.5, 0.6) is 0 Å². The molecule has 0 saturated carbocycles. The van der Waals surface area contributed by atoms with Gasteiger partial charge in [0, 0.05) is 11.8 Å². The number of hydrogen-bond donors (Lipinski definition) is 3. The van der Waals surface area contributed by atoms with Crippen LogP contribution in [0.2, 0.25) is 0 Å². The van der Waals surface area contributed by atoms with Crippen LogP contribution < -0.4 is 15.4 Å². The second-order valence-electron chi connectivity index (χ2n) is 4.83. The van der Waals surface area contributed by atoms with E-state index in [1.807, 2.05) is 19.1 Å². The molecule has 0 spiro atoms. The van der Waals surface area contributed by atoms with Gasteiger partial charge in [-0.1, -0.05) is 6.07 Å². The summed E-state index contributed by atoms with van der Waals surface area (Å²) in [6, 6.07) is 9.35. The summed E-state index contributed by atoms with van der Waals surface area (Å²) in [7, 11) is 0.399. The minimum absolute atomic E-state index is 0.364. The van der Waals surface area contributed by atoms with Gasteiger partial charge in [-0.3, -0.25) is 5.32 Å². The zero-order valence-corrected chi connectivity index (χ0v) is 13.9. The maximum absolute atomic E-state index is 11.8. The average molecular weight is 344 g/mol. The molecule has 3 N–H and O–H groups in total. The Hall–Kier alpha value is -2.78. The van der Waals surface area contributed by atoms with Crippen LogP contribution >= 0.6 is 0 Å². The maximum Gasteiger partial charge on any atom is 0.300 e. The molecule has 9 heteroatoms. The van der Waals surface area contributed by atoms with E-state index < -0.39 is 11.0 Å². The molecule has 0 fully saturated rings. The summed E-state index contributed by atoms with van der Waals surface area (Å²) in [5, 5.41) is 6.11. The summed E-state index contributed by atoms with van der Waals surface area (Å²) in [6.07, 6.45) is 2.98. The number of rotatable bonds is 6. The summed E-state index contributed by atoms with van der Waals surface area (Å²) >= 11 is 0. The van der Waals surface area contributed by atoms with Crippen molar-refractivity contribution in [3.8, 4) is 0 Å². The zero-order chi connectivity index (χ0) is 16.9. The topological polar surface area (TPSA) is 105 Å². The van der Waals surface area contributed by atoms with Crippen LogP contribution in [0, 0.1) is 6.92 Å². The van der Waals surface area contributed by atoms with Gasteiger partial charge in [-0.15, -0.1) is 0 Å². The Morgan fingerprint density at radius 3 is 2.62 bits per heavy atom. The minimum atomic E-state index is -1.24. The molecule has 0 aliphatic rings. The van der Waals surface area contributed by atoms with Gasteiger partial charge in [-0.2, -0.15) is 4.98 Å². The van der Waals surface area contributed by atoms with Crippen molar-refractivity contribution in [2.45, 2.75) is 11.8 Å². The lowest BCUT2D eigenvalue weighted by atomic mass is 10.3. The van der Waals surface area contributed by atoms with Gasteiger partial charge in [0.2, 0.25) is 0 Å². The first-order valence-electron chi connectivity index (χ1n) is 7.11. The lowest BCUT2D eigenvalue weighted by Gasteiger charge is -2.08. The number of hydrogen-bond acceptors (Lipinski definition) is 7. The number of nitrogens with zero attached hydrogens (tertiary/aromatic N) is 3. The molecular weight excluding hydrogens is 328 g/mol. The standard InChI is InChI=1S/C15H16N6O2S/c1-10-8-23-15(19-10)21-14-7-13(17-9-18-14)20-11-4-3-5-12(6-11)24(22)16-2/h3-9,16H,1-2H3,(H2,17,18,19,20,21).